The summed E-state index contributed by atoms with van der Waals surface area (Å²) in [6.07, 6.45) is 4.29. The van der Waals surface area contributed by atoms with Gasteiger partial charge in [-0.05, 0) is 30.7 Å². The van der Waals surface area contributed by atoms with Crippen LogP contribution >= 0.6 is 0 Å². The molecule has 3 nitrogen and oxygen atoms in total. The van der Waals surface area contributed by atoms with Crippen LogP contribution in [-0.2, 0) is 13.0 Å². The molecule has 0 saturated heterocycles. The average molecular weight is 243 g/mol. The molecule has 96 valence electrons. The highest BCUT2D eigenvalue weighted by atomic mass is 15.3. The minimum atomic E-state index is 0.833. The molecule has 2 rings (SSSR count). The van der Waals surface area contributed by atoms with E-state index in [0.29, 0.717) is 0 Å². The Morgan fingerprint density at radius 2 is 2.00 bits per heavy atom. The minimum Gasteiger partial charge on any atom is -0.311 e. The molecule has 1 heterocycles. The smallest absolute Gasteiger partial charge is 0.0766 e. The minimum absolute atomic E-state index is 0.833. The van der Waals surface area contributed by atoms with E-state index in [0.717, 1.165) is 31.6 Å². The van der Waals surface area contributed by atoms with Crippen LogP contribution in [0.3, 0.4) is 0 Å². The molecular formula is C15H21N3. The molecule has 18 heavy (non-hydrogen) atoms. The fourth-order valence-corrected chi connectivity index (χ4v) is 2.06. The molecule has 2 aromatic rings. The molecule has 0 unspecified atom stereocenters. The Labute approximate surface area is 109 Å². The normalized spacial score (nSPS) is 10.8. The van der Waals surface area contributed by atoms with Crippen LogP contribution in [0, 0.1) is 0 Å². The summed E-state index contributed by atoms with van der Waals surface area (Å²) in [7, 11) is 0. The topological polar surface area (TPSA) is 29.9 Å². The lowest BCUT2D eigenvalue weighted by atomic mass is 10.1. The van der Waals surface area contributed by atoms with Gasteiger partial charge in [0.1, 0.15) is 0 Å². The quantitative estimate of drug-likeness (QED) is 0.845. The number of benzene rings is 1. The maximum Gasteiger partial charge on any atom is 0.0766 e. The first-order chi connectivity index (χ1) is 8.85. The van der Waals surface area contributed by atoms with E-state index in [1.165, 1.54) is 11.3 Å². The van der Waals surface area contributed by atoms with Crippen LogP contribution in [0.4, 0.5) is 0 Å². The van der Waals surface area contributed by atoms with E-state index in [9.17, 15) is 0 Å². The van der Waals surface area contributed by atoms with E-state index < -0.39 is 0 Å². The van der Waals surface area contributed by atoms with Crippen LogP contribution in [0.1, 0.15) is 31.5 Å². The van der Waals surface area contributed by atoms with Gasteiger partial charge in [-0.15, -0.1) is 0 Å². The molecule has 0 spiro atoms. The number of para-hydroxylation sites is 1. The van der Waals surface area contributed by atoms with Crippen LogP contribution in [0.2, 0.25) is 0 Å². The summed E-state index contributed by atoms with van der Waals surface area (Å²) in [4.78, 5) is 0. The van der Waals surface area contributed by atoms with E-state index in [1.807, 2.05) is 10.9 Å². The molecule has 1 aromatic carbocycles. The molecule has 0 fully saturated rings. The zero-order valence-electron chi connectivity index (χ0n) is 11.2. The number of hydrogen-bond donors (Lipinski definition) is 1. The van der Waals surface area contributed by atoms with Gasteiger partial charge in [0.15, 0.2) is 0 Å². The van der Waals surface area contributed by atoms with Crippen LogP contribution < -0.4 is 5.32 Å². The lowest BCUT2D eigenvalue weighted by molar-refractivity contribution is 0.695. The molecular weight excluding hydrogens is 222 g/mol. The zero-order chi connectivity index (χ0) is 12.8. The lowest BCUT2D eigenvalue weighted by Crippen LogP contribution is -2.12. The first kappa shape index (κ1) is 12.8. The highest BCUT2D eigenvalue weighted by Gasteiger charge is 2.05. The summed E-state index contributed by atoms with van der Waals surface area (Å²) in [6.45, 7) is 6.11. The van der Waals surface area contributed by atoms with Crippen molar-refractivity contribution < 1.29 is 0 Å². The Hall–Kier alpha value is -1.61. The Balaban J connectivity index is 2.22. The predicted molar refractivity (Wildman–Crippen MR) is 74.9 cm³/mol. The van der Waals surface area contributed by atoms with Gasteiger partial charge < -0.3 is 5.32 Å². The summed E-state index contributed by atoms with van der Waals surface area (Å²) >= 11 is 0. The molecule has 3 heteroatoms. The third kappa shape index (κ3) is 2.99. The van der Waals surface area contributed by atoms with Gasteiger partial charge in [-0.3, -0.25) is 0 Å². The molecule has 0 aliphatic heterocycles. The molecule has 0 aliphatic carbocycles. The van der Waals surface area contributed by atoms with Crippen LogP contribution in [0.5, 0.6) is 0 Å². The molecule has 0 atom stereocenters. The van der Waals surface area contributed by atoms with Gasteiger partial charge in [0.2, 0.25) is 0 Å². The van der Waals surface area contributed by atoms with E-state index in [4.69, 9.17) is 0 Å². The molecule has 0 bridgehead atoms. The molecule has 0 radical (unpaired) electrons. The van der Waals surface area contributed by atoms with Gasteiger partial charge in [-0.25, -0.2) is 4.68 Å². The number of aromatic nitrogens is 2. The van der Waals surface area contributed by atoms with Gasteiger partial charge in [0.25, 0.3) is 0 Å². The highest BCUT2D eigenvalue weighted by Crippen LogP contribution is 2.15. The monoisotopic (exact) mass is 243 g/mol. The molecule has 1 aromatic heterocycles. The highest BCUT2D eigenvalue weighted by molar-refractivity contribution is 5.40. The van der Waals surface area contributed by atoms with Gasteiger partial charge >= 0.3 is 0 Å². The SMILES string of the molecule is CCCc1ccccc1-n1ccc(CNCC)n1. The van der Waals surface area contributed by atoms with Crippen molar-refractivity contribution in [2.24, 2.45) is 0 Å². The summed E-state index contributed by atoms with van der Waals surface area (Å²) in [5, 5.41) is 7.91. The number of hydrogen-bond acceptors (Lipinski definition) is 2. The largest absolute Gasteiger partial charge is 0.311 e. The first-order valence-corrected chi connectivity index (χ1v) is 6.68. The molecule has 1 N–H and O–H groups in total. The van der Waals surface area contributed by atoms with Crippen molar-refractivity contribution in [1.29, 1.82) is 0 Å². The van der Waals surface area contributed by atoms with Crippen molar-refractivity contribution in [2.75, 3.05) is 6.54 Å². The number of nitrogens with zero attached hydrogens (tertiary/aromatic N) is 2. The van der Waals surface area contributed by atoms with E-state index in [1.54, 1.807) is 0 Å². The van der Waals surface area contributed by atoms with Crippen LogP contribution in [0.15, 0.2) is 36.5 Å². The third-order valence-corrected chi connectivity index (χ3v) is 2.96. The molecule has 0 amide bonds. The standard InChI is InChI=1S/C15H21N3/c1-3-7-13-8-5-6-9-15(13)18-11-10-14(17-18)12-16-4-2/h5-6,8-11,16H,3-4,7,12H2,1-2H3. The summed E-state index contributed by atoms with van der Waals surface area (Å²) in [5.74, 6) is 0. The lowest BCUT2D eigenvalue weighted by Gasteiger charge is -2.08. The summed E-state index contributed by atoms with van der Waals surface area (Å²) in [6, 6.07) is 10.6. The van der Waals surface area contributed by atoms with Crippen molar-refractivity contribution in [2.45, 2.75) is 33.2 Å². The third-order valence-electron chi connectivity index (χ3n) is 2.96. The first-order valence-electron chi connectivity index (χ1n) is 6.68. The van der Waals surface area contributed by atoms with E-state index in [2.05, 4.69) is 54.6 Å². The summed E-state index contributed by atoms with van der Waals surface area (Å²) < 4.78 is 1.98. The fraction of sp³-hybridized carbons (Fsp3) is 0.400. The van der Waals surface area contributed by atoms with Crippen molar-refractivity contribution in [3.63, 3.8) is 0 Å². The Kier molecular flexibility index (Phi) is 4.53. The molecule has 0 saturated carbocycles. The number of nitrogens with one attached hydrogen (secondary N) is 1. The Morgan fingerprint density at radius 3 is 2.78 bits per heavy atom. The van der Waals surface area contributed by atoms with Gasteiger partial charge in [-0.2, -0.15) is 5.10 Å². The van der Waals surface area contributed by atoms with E-state index >= 15 is 0 Å². The molecule has 0 aliphatic rings. The maximum atomic E-state index is 4.62. The number of rotatable bonds is 6. The van der Waals surface area contributed by atoms with E-state index in [-0.39, 0.29) is 0 Å². The second-order valence-corrected chi connectivity index (χ2v) is 4.41. The zero-order valence-corrected chi connectivity index (χ0v) is 11.2. The second-order valence-electron chi connectivity index (χ2n) is 4.41. The number of aryl methyl sites for hydroxylation is 1. The summed E-state index contributed by atoms with van der Waals surface area (Å²) in [5.41, 5.74) is 3.64. The van der Waals surface area contributed by atoms with Gasteiger partial charge in [-0.1, -0.05) is 38.5 Å². The second kappa shape index (κ2) is 6.36. The van der Waals surface area contributed by atoms with Crippen molar-refractivity contribution in [3.8, 4) is 5.69 Å². The van der Waals surface area contributed by atoms with Crippen LogP contribution in [-0.4, -0.2) is 16.3 Å². The van der Waals surface area contributed by atoms with Crippen LogP contribution in [0.25, 0.3) is 5.69 Å². The fourth-order valence-electron chi connectivity index (χ4n) is 2.06. The van der Waals surface area contributed by atoms with Gasteiger partial charge in [0.05, 0.1) is 11.4 Å². The maximum absolute atomic E-state index is 4.62. The van der Waals surface area contributed by atoms with Crippen molar-refractivity contribution in [3.05, 3.63) is 47.8 Å². The Morgan fingerprint density at radius 1 is 1.17 bits per heavy atom. The Bertz CT molecular complexity index is 488. The van der Waals surface area contributed by atoms with Crippen molar-refractivity contribution >= 4 is 0 Å². The van der Waals surface area contributed by atoms with Crippen molar-refractivity contribution in [1.82, 2.24) is 15.1 Å². The average Bonchev–Trinajstić information content (AvgIpc) is 2.86. The van der Waals surface area contributed by atoms with Gasteiger partial charge in [0, 0.05) is 12.7 Å². The predicted octanol–water partition coefficient (Wildman–Crippen LogP) is 2.93.